The maximum atomic E-state index is 13.2. The third-order valence-electron chi connectivity index (χ3n) is 5.33. The molecular formula is C21H42N2O. The molecule has 0 aromatic rings. The van der Waals surface area contributed by atoms with Gasteiger partial charge in [-0.05, 0) is 41.0 Å². The Morgan fingerprint density at radius 1 is 0.625 bits per heavy atom. The van der Waals surface area contributed by atoms with Gasteiger partial charge >= 0.3 is 0 Å². The van der Waals surface area contributed by atoms with Gasteiger partial charge in [0.05, 0.1) is 0 Å². The Balaban J connectivity index is 2.71. The van der Waals surface area contributed by atoms with Gasteiger partial charge in [-0.2, -0.15) is 0 Å². The zero-order chi connectivity index (χ0) is 17.8. The van der Waals surface area contributed by atoms with Crippen LogP contribution in [0.25, 0.3) is 0 Å². The molecule has 0 saturated heterocycles. The third-order valence-corrected chi connectivity index (χ3v) is 5.33. The number of hydrogen-bond acceptors (Lipinski definition) is 3. The van der Waals surface area contributed by atoms with Crippen LogP contribution in [0.5, 0.6) is 0 Å². The van der Waals surface area contributed by atoms with Gasteiger partial charge in [0.25, 0.3) is 0 Å². The first kappa shape index (κ1) is 21.6. The molecule has 3 heteroatoms. The first-order chi connectivity index (χ1) is 11.5. The summed E-state index contributed by atoms with van der Waals surface area (Å²) in [5.41, 5.74) is 0. The molecule has 0 aliphatic heterocycles. The second-order valence-corrected chi connectivity index (χ2v) is 8.43. The molecule has 2 atom stereocenters. The van der Waals surface area contributed by atoms with Crippen molar-refractivity contribution in [2.45, 2.75) is 77.0 Å². The van der Waals surface area contributed by atoms with Crippen molar-refractivity contribution < 1.29 is 4.79 Å². The van der Waals surface area contributed by atoms with Crippen LogP contribution in [0.3, 0.4) is 0 Å². The molecule has 1 saturated carbocycles. The lowest BCUT2D eigenvalue weighted by atomic mass is 9.85. The van der Waals surface area contributed by atoms with Crippen molar-refractivity contribution in [2.75, 3.05) is 41.3 Å². The van der Waals surface area contributed by atoms with Gasteiger partial charge in [0, 0.05) is 24.9 Å². The van der Waals surface area contributed by atoms with Crippen LogP contribution >= 0.6 is 0 Å². The van der Waals surface area contributed by atoms with Crippen molar-refractivity contribution in [1.82, 2.24) is 9.80 Å². The highest BCUT2D eigenvalue weighted by Gasteiger charge is 2.27. The van der Waals surface area contributed by atoms with Crippen LogP contribution in [-0.4, -0.2) is 56.9 Å². The largest absolute Gasteiger partial charge is 0.309 e. The van der Waals surface area contributed by atoms with Gasteiger partial charge in [0.2, 0.25) is 0 Å². The molecule has 0 radical (unpaired) electrons. The molecule has 1 fully saturated rings. The molecule has 1 rings (SSSR count). The Bertz CT molecular complexity index is 298. The standard InChI is InChI=1S/C21H42N2O/c1-22(2)17-19-15-13-11-9-7-5-6-8-10-12-14-16-20(21(19)24)18-23(3)4/h19-20H,5-18H2,1-4H3/t19-,20+. The molecule has 24 heavy (non-hydrogen) atoms. The minimum atomic E-state index is 0.232. The van der Waals surface area contributed by atoms with Crippen molar-refractivity contribution in [1.29, 1.82) is 0 Å². The Morgan fingerprint density at radius 2 is 0.917 bits per heavy atom. The first-order valence-corrected chi connectivity index (χ1v) is 10.3. The molecule has 0 aromatic heterocycles. The van der Waals surface area contributed by atoms with Gasteiger partial charge in [0.1, 0.15) is 5.78 Å². The van der Waals surface area contributed by atoms with E-state index in [9.17, 15) is 4.79 Å². The van der Waals surface area contributed by atoms with Gasteiger partial charge < -0.3 is 9.80 Å². The van der Waals surface area contributed by atoms with E-state index in [0.717, 1.165) is 25.9 Å². The van der Waals surface area contributed by atoms with Crippen LogP contribution in [0, 0.1) is 11.8 Å². The van der Waals surface area contributed by atoms with E-state index >= 15 is 0 Å². The predicted molar refractivity (Wildman–Crippen MR) is 104 cm³/mol. The highest BCUT2D eigenvalue weighted by atomic mass is 16.1. The molecular weight excluding hydrogens is 296 g/mol. The highest BCUT2D eigenvalue weighted by Crippen LogP contribution is 2.23. The van der Waals surface area contributed by atoms with E-state index in [1.807, 2.05) is 0 Å². The van der Waals surface area contributed by atoms with E-state index in [0.29, 0.717) is 5.78 Å². The summed E-state index contributed by atoms with van der Waals surface area (Å²) >= 11 is 0. The van der Waals surface area contributed by atoms with Crippen molar-refractivity contribution in [3.05, 3.63) is 0 Å². The second-order valence-electron chi connectivity index (χ2n) is 8.43. The summed E-state index contributed by atoms with van der Waals surface area (Å²) in [6.45, 7) is 1.84. The average molecular weight is 339 g/mol. The van der Waals surface area contributed by atoms with Crippen molar-refractivity contribution in [2.24, 2.45) is 11.8 Å². The Labute approximate surface area is 151 Å². The molecule has 0 spiro atoms. The van der Waals surface area contributed by atoms with Gasteiger partial charge in [0.15, 0.2) is 0 Å². The number of carbonyl (C=O) groups excluding carboxylic acids is 1. The molecule has 1 aliphatic rings. The summed E-state index contributed by atoms with van der Waals surface area (Å²) in [7, 11) is 8.40. The Kier molecular flexibility index (Phi) is 11.6. The Hall–Kier alpha value is -0.410. The molecule has 0 bridgehead atoms. The van der Waals surface area contributed by atoms with Crippen LogP contribution in [0.15, 0.2) is 0 Å². The van der Waals surface area contributed by atoms with E-state index in [4.69, 9.17) is 0 Å². The van der Waals surface area contributed by atoms with E-state index in [1.165, 1.54) is 64.2 Å². The minimum absolute atomic E-state index is 0.232. The summed E-state index contributed by atoms with van der Waals surface area (Å²) in [5.74, 6) is 0.998. The van der Waals surface area contributed by atoms with Gasteiger partial charge in [-0.15, -0.1) is 0 Å². The fraction of sp³-hybridized carbons (Fsp3) is 0.952. The molecule has 0 amide bonds. The van der Waals surface area contributed by atoms with Crippen LogP contribution in [-0.2, 0) is 4.79 Å². The smallest absolute Gasteiger partial charge is 0.141 e. The molecule has 142 valence electrons. The molecule has 0 aromatic carbocycles. The number of nitrogens with zero attached hydrogens (tertiary/aromatic N) is 2. The lowest BCUT2D eigenvalue weighted by Gasteiger charge is -2.27. The molecule has 0 N–H and O–H groups in total. The summed E-state index contributed by atoms with van der Waals surface area (Å²) < 4.78 is 0. The highest BCUT2D eigenvalue weighted by molar-refractivity contribution is 5.83. The van der Waals surface area contributed by atoms with Crippen molar-refractivity contribution >= 4 is 5.78 Å². The lowest BCUT2D eigenvalue weighted by molar-refractivity contribution is -0.128. The normalized spacial score (nSPS) is 26.3. The SMILES string of the molecule is CN(C)C[C@H]1CCCCCCCCCCCC[C@@H](CN(C)C)C1=O. The topological polar surface area (TPSA) is 23.6 Å². The zero-order valence-corrected chi connectivity index (χ0v) is 16.9. The molecule has 1 aliphatic carbocycles. The van der Waals surface area contributed by atoms with E-state index < -0.39 is 0 Å². The summed E-state index contributed by atoms with van der Waals surface area (Å²) in [6.07, 6.45) is 15.5. The third kappa shape index (κ3) is 9.78. The summed E-state index contributed by atoms with van der Waals surface area (Å²) in [4.78, 5) is 17.6. The summed E-state index contributed by atoms with van der Waals surface area (Å²) in [6, 6.07) is 0. The van der Waals surface area contributed by atoms with E-state index in [1.54, 1.807) is 0 Å². The van der Waals surface area contributed by atoms with E-state index in [-0.39, 0.29) is 11.8 Å². The van der Waals surface area contributed by atoms with Gasteiger partial charge in [-0.3, -0.25) is 4.79 Å². The Morgan fingerprint density at radius 3 is 1.21 bits per heavy atom. The molecule has 0 heterocycles. The van der Waals surface area contributed by atoms with Gasteiger partial charge in [-0.1, -0.05) is 64.2 Å². The van der Waals surface area contributed by atoms with Crippen LogP contribution in [0.4, 0.5) is 0 Å². The average Bonchev–Trinajstić information content (AvgIpc) is 2.52. The minimum Gasteiger partial charge on any atom is -0.309 e. The van der Waals surface area contributed by atoms with Crippen LogP contribution in [0.1, 0.15) is 77.0 Å². The zero-order valence-electron chi connectivity index (χ0n) is 16.9. The maximum Gasteiger partial charge on any atom is 0.141 e. The predicted octanol–water partition coefficient (Wildman–Crippen LogP) is 4.61. The molecule has 3 nitrogen and oxygen atoms in total. The van der Waals surface area contributed by atoms with Gasteiger partial charge in [-0.25, -0.2) is 0 Å². The van der Waals surface area contributed by atoms with Crippen molar-refractivity contribution in [3.8, 4) is 0 Å². The monoisotopic (exact) mass is 338 g/mol. The summed E-state index contributed by atoms with van der Waals surface area (Å²) in [5, 5.41) is 0. The number of hydrogen-bond donors (Lipinski definition) is 0. The molecule has 0 unspecified atom stereocenters. The fourth-order valence-electron chi connectivity index (χ4n) is 4.06. The number of rotatable bonds is 4. The fourth-order valence-corrected chi connectivity index (χ4v) is 4.06. The lowest BCUT2D eigenvalue weighted by Crippen LogP contribution is -2.36. The first-order valence-electron chi connectivity index (χ1n) is 10.3. The quantitative estimate of drug-likeness (QED) is 0.748. The second kappa shape index (κ2) is 12.9. The van der Waals surface area contributed by atoms with Crippen LogP contribution < -0.4 is 0 Å². The maximum absolute atomic E-state index is 13.2. The number of Topliss-reactive ketones (excluding diaryl/α,β-unsaturated/α-hetero) is 1. The van der Waals surface area contributed by atoms with E-state index in [2.05, 4.69) is 38.0 Å². The van der Waals surface area contributed by atoms with Crippen molar-refractivity contribution in [3.63, 3.8) is 0 Å². The van der Waals surface area contributed by atoms with Crippen LogP contribution in [0.2, 0.25) is 0 Å². The number of ketones is 1. The number of carbonyl (C=O) groups is 1.